The van der Waals surface area contributed by atoms with Crippen molar-refractivity contribution in [3.8, 4) is 5.75 Å². The third-order valence-corrected chi connectivity index (χ3v) is 4.09. The van der Waals surface area contributed by atoms with Gasteiger partial charge in [-0.3, -0.25) is 0 Å². The van der Waals surface area contributed by atoms with Crippen molar-refractivity contribution >= 4 is 19.1 Å². The lowest BCUT2D eigenvalue weighted by Crippen LogP contribution is -3.00. The van der Waals surface area contributed by atoms with Gasteiger partial charge in [-0.25, -0.2) is 4.57 Å². The van der Waals surface area contributed by atoms with Gasteiger partial charge in [-0.1, -0.05) is 6.92 Å². The molecule has 1 aromatic heterocycles. The second kappa shape index (κ2) is 6.50. The maximum Gasteiger partial charge on any atom is 0.215 e. The van der Waals surface area contributed by atoms with Crippen LogP contribution in [-0.4, -0.2) is 12.8 Å². The summed E-state index contributed by atoms with van der Waals surface area (Å²) in [7, 11) is 1.73. The quantitative estimate of drug-likeness (QED) is 0.429. The fraction of sp³-hybridized carbons (Fsp3) is 0.308. The van der Waals surface area contributed by atoms with E-state index in [0.717, 1.165) is 11.9 Å². The Morgan fingerprint density at radius 1 is 1.29 bits per heavy atom. The summed E-state index contributed by atoms with van der Waals surface area (Å²) in [6, 6.07) is 10.5. The van der Waals surface area contributed by atoms with Crippen molar-refractivity contribution in [1.29, 1.82) is 0 Å². The predicted octanol–water partition coefficient (Wildman–Crippen LogP) is 0.0937. The zero-order chi connectivity index (χ0) is 11.5. The number of aromatic nitrogens is 1. The highest BCUT2D eigenvalue weighted by molar-refractivity contribution is 7.52. The molecule has 0 aliphatic carbocycles. The molecular formula is C13H17INOP. The van der Waals surface area contributed by atoms with E-state index in [0.29, 0.717) is 0 Å². The molecule has 0 bridgehead atoms. The number of aryl methyl sites for hydroxylation is 1. The first-order chi connectivity index (χ1) is 7.70. The van der Waals surface area contributed by atoms with E-state index in [-0.39, 0.29) is 32.1 Å². The molecule has 2 nitrogen and oxygen atoms in total. The van der Waals surface area contributed by atoms with Crippen LogP contribution in [-0.2, 0) is 7.05 Å². The number of fused-ring (bicyclic) bond motifs is 1. The van der Waals surface area contributed by atoms with Gasteiger partial charge < -0.3 is 28.5 Å². The van der Waals surface area contributed by atoms with Crippen molar-refractivity contribution in [1.82, 2.24) is 0 Å². The first-order valence-electron chi connectivity index (χ1n) is 5.48. The smallest absolute Gasteiger partial charge is 0.215 e. The minimum atomic E-state index is -0.329. The van der Waals surface area contributed by atoms with Crippen LogP contribution in [0.15, 0.2) is 36.5 Å². The summed E-state index contributed by atoms with van der Waals surface area (Å²) in [4.78, 5) is 0. The Bertz CT molecular complexity index is 504. The van der Waals surface area contributed by atoms with Gasteiger partial charge in [-0.15, -0.1) is 0 Å². The van der Waals surface area contributed by atoms with Crippen LogP contribution >= 0.6 is 8.15 Å². The first-order valence-corrected chi connectivity index (χ1v) is 7.37. The summed E-state index contributed by atoms with van der Waals surface area (Å²) in [5.74, 6) is 0.977. The van der Waals surface area contributed by atoms with Gasteiger partial charge in [0, 0.05) is 11.5 Å². The molecular weight excluding hydrogens is 344 g/mol. The van der Waals surface area contributed by atoms with Crippen LogP contribution in [0.1, 0.15) is 6.92 Å². The van der Waals surface area contributed by atoms with E-state index in [1.54, 1.807) is 0 Å². The van der Waals surface area contributed by atoms with Gasteiger partial charge in [0.2, 0.25) is 5.52 Å². The molecule has 1 heterocycles. The fourth-order valence-corrected chi connectivity index (χ4v) is 2.23. The minimum Gasteiger partial charge on any atom is -1.00 e. The van der Waals surface area contributed by atoms with E-state index in [1.165, 1.54) is 10.9 Å². The van der Waals surface area contributed by atoms with E-state index < -0.39 is 0 Å². The first kappa shape index (κ1) is 14.7. The van der Waals surface area contributed by atoms with Crippen molar-refractivity contribution in [3.63, 3.8) is 0 Å². The largest absolute Gasteiger partial charge is 1.00 e. The molecule has 0 aliphatic rings. The van der Waals surface area contributed by atoms with Crippen molar-refractivity contribution in [2.75, 3.05) is 12.8 Å². The van der Waals surface area contributed by atoms with Gasteiger partial charge in [0.25, 0.3) is 0 Å². The van der Waals surface area contributed by atoms with Crippen molar-refractivity contribution < 1.29 is 33.1 Å². The van der Waals surface area contributed by atoms with E-state index in [1.807, 2.05) is 0 Å². The minimum absolute atomic E-state index is 0. The van der Waals surface area contributed by atoms with Crippen LogP contribution in [0.4, 0.5) is 0 Å². The Kier molecular flexibility index (Phi) is 5.60. The van der Waals surface area contributed by atoms with E-state index >= 15 is 0 Å². The lowest BCUT2D eigenvalue weighted by molar-refractivity contribution is -0.644. The highest BCUT2D eigenvalue weighted by Gasteiger charge is 2.07. The molecule has 0 saturated heterocycles. The summed E-state index contributed by atoms with van der Waals surface area (Å²) < 4.78 is 8.00. The number of pyridine rings is 1. The van der Waals surface area contributed by atoms with Crippen molar-refractivity contribution in [2.45, 2.75) is 6.92 Å². The molecule has 1 unspecified atom stereocenters. The Balaban J connectivity index is 0.00000144. The molecule has 0 amide bonds. The summed E-state index contributed by atoms with van der Waals surface area (Å²) >= 11 is 0. The second-order valence-electron chi connectivity index (χ2n) is 3.88. The molecule has 0 N–H and O–H groups in total. The molecule has 1 atom stereocenters. The summed E-state index contributed by atoms with van der Waals surface area (Å²) in [5, 5.41) is 1.24. The van der Waals surface area contributed by atoms with E-state index in [2.05, 4.69) is 61.7 Å². The molecule has 0 aliphatic heterocycles. The van der Waals surface area contributed by atoms with Crippen LogP contribution in [0.2, 0.25) is 0 Å². The molecule has 4 heteroatoms. The number of hydrogen-bond donors (Lipinski definition) is 0. The summed E-state index contributed by atoms with van der Waals surface area (Å²) in [5.41, 5.74) is 1.21. The molecule has 0 radical (unpaired) electrons. The van der Waals surface area contributed by atoms with Crippen LogP contribution < -0.4 is 33.1 Å². The zero-order valence-corrected chi connectivity index (χ0v) is 13.4. The number of halogens is 1. The van der Waals surface area contributed by atoms with Crippen LogP contribution in [0, 0.1) is 0 Å². The third kappa shape index (κ3) is 3.52. The number of hydrogen-bond acceptors (Lipinski definition) is 1. The van der Waals surface area contributed by atoms with Gasteiger partial charge in [0.1, 0.15) is 12.8 Å². The number of nitrogens with zero attached hydrogens (tertiary/aromatic N) is 1. The van der Waals surface area contributed by atoms with Gasteiger partial charge in [0.15, 0.2) is 6.20 Å². The van der Waals surface area contributed by atoms with E-state index in [9.17, 15) is 0 Å². The lowest BCUT2D eigenvalue weighted by Gasteiger charge is -2.11. The normalized spacial score (nSPS) is 11.9. The molecule has 2 aromatic rings. The van der Waals surface area contributed by atoms with Gasteiger partial charge in [-0.2, -0.15) is 0 Å². The Hall–Kier alpha value is -0.410. The maximum atomic E-state index is 5.88. The van der Waals surface area contributed by atoms with Crippen molar-refractivity contribution in [3.05, 3.63) is 36.5 Å². The molecule has 92 valence electrons. The topological polar surface area (TPSA) is 13.1 Å². The Labute approximate surface area is 121 Å². The van der Waals surface area contributed by atoms with Crippen LogP contribution in [0.3, 0.4) is 0 Å². The highest BCUT2D eigenvalue weighted by Crippen LogP contribution is 2.34. The maximum absolute atomic E-state index is 5.88. The molecule has 17 heavy (non-hydrogen) atoms. The second-order valence-corrected chi connectivity index (χ2v) is 5.95. The fourth-order valence-electron chi connectivity index (χ4n) is 1.63. The van der Waals surface area contributed by atoms with Crippen molar-refractivity contribution in [2.24, 2.45) is 7.05 Å². The molecule has 0 saturated carbocycles. The third-order valence-electron chi connectivity index (χ3n) is 2.67. The lowest BCUT2D eigenvalue weighted by atomic mass is 10.2. The Morgan fingerprint density at radius 2 is 2.06 bits per heavy atom. The number of rotatable bonds is 3. The molecule has 0 spiro atoms. The molecule has 0 fully saturated rings. The van der Waals surface area contributed by atoms with Gasteiger partial charge in [0.05, 0.1) is 14.2 Å². The van der Waals surface area contributed by atoms with Crippen LogP contribution in [0.5, 0.6) is 5.75 Å². The van der Waals surface area contributed by atoms with E-state index in [4.69, 9.17) is 4.52 Å². The molecule has 2 rings (SSSR count). The summed E-state index contributed by atoms with van der Waals surface area (Å²) in [6.45, 7) is 4.32. The standard InChI is InChI=1S/C13H17NOP.HI/c1-4-16(3)15-12-8-7-11-6-5-9-14(2)13(11)10-12;/h5-10H,4H2,1-3H3;1H/q+1;/p-1. The monoisotopic (exact) mass is 361 g/mol. The molecule has 1 aromatic carbocycles. The average Bonchev–Trinajstić information content (AvgIpc) is 2.30. The highest BCUT2D eigenvalue weighted by atomic mass is 127. The average molecular weight is 361 g/mol. The Morgan fingerprint density at radius 3 is 2.76 bits per heavy atom. The predicted molar refractivity (Wildman–Crippen MR) is 69.1 cm³/mol. The number of benzene rings is 1. The SMILES string of the molecule is CCP(C)Oc1ccc2ccc[n+](C)c2c1.[I-]. The van der Waals surface area contributed by atoms with Gasteiger partial charge >= 0.3 is 0 Å². The summed E-state index contributed by atoms with van der Waals surface area (Å²) in [6.07, 6.45) is 3.15. The van der Waals surface area contributed by atoms with Gasteiger partial charge in [-0.05, 0) is 31.0 Å². The van der Waals surface area contributed by atoms with Crippen LogP contribution in [0.25, 0.3) is 10.9 Å². The zero-order valence-electron chi connectivity index (χ0n) is 10.4.